The summed E-state index contributed by atoms with van der Waals surface area (Å²) in [5.41, 5.74) is 8.80. The lowest BCUT2D eigenvalue weighted by molar-refractivity contribution is 0.953. The van der Waals surface area contributed by atoms with E-state index in [0.717, 1.165) is 4.47 Å². The summed E-state index contributed by atoms with van der Waals surface area (Å²) < 4.78 is 2.42. The molecule has 0 unspecified atom stereocenters. The highest BCUT2D eigenvalue weighted by Gasteiger charge is 2.00. The van der Waals surface area contributed by atoms with Gasteiger partial charge >= 0.3 is 0 Å². The molecule has 0 bridgehead atoms. The Morgan fingerprint density at radius 3 is 3.15 bits per heavy atom. The van der Waals surface area contributed by atoms with Crippen LogP contribution in [0.1, 0.15) is 0 Å². The third kappa shape index (κ3) is 1.47. The van der Waals surface area contributed by atoms with Crippen molar-refractivity contribution in [2.75, 3.05) is 0 Å². The largest absolute Gasteiger partial charge is 0.238 e. The van der Waals surface area contributed by atoms with Crippen LogP contribution in [0.25, 0.3) is 16.1 Å². The van der Waals surface area contributed by atoms with Crippen LogP contribution in [0.3, 0.4) is 0 Å². The van der Waals surface area contributed by atoms with E-state index in [1.807, 2.05) is 6.07 Å². The number of aromatic nitrogens is 3. The molecule has 2 heterocycles. The van der Waals surface area contributed by atoms with Gasteiger partial charge in [0.2, 0.25) is 5.95 Å². The third-order valence-electron chi connectivity index (χ3n) is 1.42. The van der Waals surface area contributed by atoms with Gasteiger partial charge in [0.25, 0.3) is 0 Å². The van der Waals surface area contributed by atoms with E-state index in [4.69, 9.17) is 5.53 Å². The van der Waals surface area contributed by atoms with Crippen molar-refractivity contribution < 1.29 is 0 Å². The van der Waals surface area contributed by atoms with Gasteiger partial charge < -0.3 is 0 Å². The van der Waals surface area contributed by atoms with Crippen molar-refractivity contribution in [3.05, 3.63) is 33.2 Å². The fraction of sp³-hybridized carbons (Fsp3) is 0. The van der Waals surface area contributed by atoms with Gasteiger partial charge in [-0.3, -0.25) is 0 Å². The zero-order chi connectivity index (χ0) is 9.26. The zero-order valence-electron chi connectivity index (χ0n) is 6.29. The van der Waals surface area contributed by atoms with Crippen LogP contribution in [0.2, 0.25) is 0 Å². The molecule has 2 aromatic rings. The second-order valence-corrected chi connectivity index (χ2v) is 3.17. The van der Waals surface area contributed by atoms with Gasteiger partial charge in [-0.05, 0) is 38.7 Å². The summed E-state index contributed by atoms with van der Waals surface area (Å²) in [5.74, 6) is 0.126. The van der Waals surface area contributed by atoms with Crippen LogP contribution in [-0.4, -0.2) is 14.6 Å². The Morgan fingerprint density at radius 1 is 1.54 bits per heavy atom. The molecule has 0 saturated heterocycles. The van der Waals surface area contributed by atoms with E-state index in [1.165, 1.54) is 4.52 Å². The second kappa shape index (κ2) is 3.04. The summed E-state index contributed by atoms with van der Waals surface area (Å²) >= 11 is 3.29. The maximum atomic E-state index is 8.16. The topological polar surface area (TPSA) is 79.0 Å². The summed E-state index contributed by atoms with van der Waals surface area (Å²) in [6.07, 6.45) is 1.73. The van der Waals surface area contributed by atoms with Crippen LogP contribution in [0.4, 0.5) is 5.95 Å². The summed E-state index contributed by atoms with van der Waals surface area (Å²) in [6.45, 7) is 0. The molecule has 0 aromatic carbocycles. The molecule has 13 heavy (non-hydrogen) atoms. The van der Waals surface area contributed by atoms with Gasteiger partial charge in [-0.1, -0.05) is 0 Å². The van der Waals surface area contributed by atoms with Gasteiger partial charge in [-0.2, -0.15) is 0 Å². The summed E-state index contributed by atoms with van der Waals surface area (Å²) in [7, 11) is 0. The maximum Gasteiger partial charge on any atom is 0.238 e. The molecule has 0 aliphatic rings. The van der Waals surface area contributed by atoms with Crippen molar-refractivity contribution in [3.63, 3.8) is 0 Å². The first-order valence-corrected chi connectivity index (χ1v) is 4.16. The van der Waals surface area contributed by atoms with Crippen molar-refractivity contribution in [3.8, 4) is 0 Å². The summed E-state index contributed by atoms with van der Waals surface area (Å²) in [5, 5.41) is 7.21. The van der Waals surface area contributed by atoms with Crippen molar-refractivity contribution in [1.82, 2.24) is 14.6 Å². The standard InChI is InChI=1S/C6H3BrN6/c7-4-1-2-5-9-6(10-12-8)11-13(5)3-4/h1-3H. The van der Waals surface area contributed by atoms with E-state index in [-0.39, 0.29) is 5.95 Å². The maximum absolute atomic E-state index is 8.16. The van der Waals surface area contributed by atoms with Gasteiger partial charge in [0, 0.05) is 15.6 Å². The van der Waals surface area contributed by atoms with Crippen LogP contribution in [0, 0.1) is 0 Å². The van der Waals surface area contributed by atoms with Gasteiger partial charge in [0.05, 0.1) is 0 Å². The minimum Gasteiger partial charge on any atom is -0.220 e. The predicted molar refractivity (Wildman–Crippen MR) is 49.5 cm³/mol. The van der Waals surface area contributed by atoms with E-state index in [2.05, 4.69) is 36.0 Å². The Hall–Kier alpha value is -1.59. The Labute approximate surface area is 81.0 Å². The Balaban J connectivity index is 2.68. The average molecular weight is 239 g/mol. The van der Waals surface area contributed by atoms with Crippen LogP contribution < -0.4 is 0 Å². The molecule has 0 aliphatic carbocycles. The normalized spacial score (nSPS) is 9.92. The molecule has 0 amide bonds. The number of azide groups is 1. The van der Waals surface area contributed by atoms with E-state index in [1.54, 1.807) is 12.3 Å². The van der Waals surface area contributed by atoms with Crippen molar-refractivity contribution in [1.29, 1.82) is 0 Å². The molecule has 0 fully saturated rings. The minimum absolute atomic E-state index is 0.126. The number of hydrogen-bond acceptors (Lipinski definition) is 3. The summed E-state index contributed by atoms with van der Waals surface area (Å²) in [4.78, 5) is 6.55. The molecule has 2 rings (SSSR count). The number of halogens is 1. The molecular formula is C6H3BrN6. The molecule has 0 aliphatic heterocycles. The van der Waals surface area contributed by atoms with E-state index < -0.39 is 0 Å². The lowest BCUT2D eigenvalue weighted by atomic mass is 10.5. The van der Waals surface area contributed by atoms with Gasteiger partial charge in [0.15, 0.2) is 5.65 Å². The first-order chi connectivity index (χ1) is 6.29. The highest BCUT2D eigenvalue weighted by molar-refractivity contribution is 9.10. The monoisotopic (exact) mass is 238 g/mol. The SMILES string of the molecule is [N-]=[N+]=Nc1nc2ccc(Br)cn2n1. The number of pyridine rings is 1. The van der Waals surface area contributed by atoms with Gasteiger partial charge in [0.1, 0.15) is 0 Å². The molecule has 6 nitrogen and oxygen atoms in total. The lowest BCUT2D eigenvalue weighted by Crippen LogP contribution is -1.84. The lowest BCUT2D eigenvalue weighted by Gasteiger charge is -1.89. The highest BCUT2D eigenvalue weighted by Crippen LogP contribution is 2.13. The van der Waals surface area contributed by atoms with E-state index >= 15 is 0 Å². The zero-order valence-corrected chi connectivity index (χ0v) is 7.88. The Bertz CT molecular complexity index is 497. The average Bonchev–Trinajstić information content (AvgIpc) is 2.46. The number of rotatable bonds is 1. The molecule has 0 radical (unpaired) electrons. The Kier molecular flexibility index (Phi) is 1.88. The van der Waals surface area contributed by atoms with E-state index in [9.17, 15) is 0 Å². The molecule has 7 heteroatoms. The van der Waals surface area contributed by atoms with Crippen LogP contribution >= 0.6 is 15.9 Å². The fourth-order valence-corrected chi connectivity index (χ4v) is 1.25. The molecule has 0 saturated carbocycles. The molecular weight excluding hydrogens is 236 g/mol. The predicted octanol–water partition coefficient (Wildman–Crippen LogP) is 2.43. The molecule has 0 spiro atoms. The van der Waals surface area contributed by atoms with Crippen molar-refractivity contribution in [2.45, 2.75) is 0 Å². The molecule has 0 atom stereocenters. The van der Waals surface area contributed by atoms with Gasteiger partial charge in [-0.25, -0.2) is 9.50 Å². The smallest absolute Gasteiger partial charge is 0.220 e. The van der Waals surface area contributed by atoms with E-state index in [0.29, 0.717) is 5.65 Å². The minimum atomic E-state index is 0.126. The summed E-state index contributed by atoms with van der Waals surface area (Å²) in [6, 6.07) is 3.61. The van der Waals surface area contributed by atoms with Crippen LogP contribution in [0.5, 0.6) is 0 Å². The Morgan fingerprint density at radius 2 is 2.38 bits per heavy atom. The first kappa shape index (κ1) is 8.03. The number of nitrogens with zero attached hydrogens (tertiary/aromatic N) is 6. The third-order valence-corrected chi connectivity index (χ3v) is 1.89. The number of hydrogen-bond donors (Lipinski definition) is 0. The highest BCUT2D eigenvalue weighted by atomic mass is 79.9. The number of fused-ring (bicyclic) bond motifs is 1. The second-order valence-electron chi connectivity index (χ2n) is 2.25. The van der Waals surface area contributed by atoms with Crippen molar-refractivity contribution >= 4 is 27.5 Å². The first-order valence-electron chi connectivity index (χ1n) is 3.36. The molecule has 2 aromatic heterocycles. The van der Waals surface area contributed by atoms with Crippen LogP contribution in [-0.2, 0) is 0 Å². The molecule has 64 valence electrons. The quantitative estimate of drug-likeness (QED) is 0.435. The fourth-order valence-electron chi connectivity index (χ4n) is 0.929. The van der Waals surface area contributed by atoms with Crippen LogP contribution in [0.15, 0.2) is 27.9 Å². The van der Waals surface area contributed by atoms with Crippen molar-refractivity contribution in [2.24, 2.45) is 5.11 Å². The molecule has 0 N–H and O–H groups in total. The van der Waals surface area contributed by atoms with Gasteiger partial charge in [-0.15, -0.1) is 5.10 Å².